The predicted octanol–water partition coefficient (Wildman–Crippen LogP) is 1.85. The molecule has 0 amide bonds. The molecule has 82 valence electrons. The standard InChI is InChI=1S/C9H20O3Si2/c1-8(2)9(10)11-7-13(3)12-14(4,5)6/h13H,1,7H2,2-6H3. The fourth-order valence-electron chi connectivity index (χ4n) is 0.954. The molecule has 0 fully saturated rings. The van der Waals surface area contributed by atoms with Gasteiger partial charge in [0.1, 0.15) is 6.23 Å². The first-order chi connectivity index (χ1) is 6.22. The van der Waals surface area contributed by atoms with Crippen molar-refractivity contribution in [2.75, 3.05) is 6.23 Å². The average Bonchev–Trinajstić information content (AvgIpc) is 1.96. The van der Waals surface area contributed by atoms with Gasteiger partial charge < -0.3 is 8.85 Å². The second kappa shape index (κ2) is 5.48. The van der Waals surface area contributed by atoms with Crippen LogP contribution in [0.3, 0.4) is 0 Å². The van der Waals surface area contributed by atoms with E-state index >= 15 is 0 Å². The summed E-state index contributed by atoms with van der Waals surface area (Å²) >= 11 is 0. The second-order valence-electron chi connectivity index (χ2n) is 4.42. The van der Waals surface area contributed by atoms with Crippen LogP contribution in [0.4, 0.5) is 0 Å². The number of carbonyl (C=O) groups is 1. The van der Waals surface area contributed by atoms with Gasteiger partial charge in [-0.05, 0) is 33.1 Å². The van der Waals surface area contributed by atoms with E-state index < -0.39 is 17.4 Å². The third-order valence-corrected chi connectivity index (χ3v) is 6.43. The molecule has 0 aliphatic heterocycles. The molecule has 0 N–H and O–H groups in total. The maximum atomic E-state index is 11.1. The van der Waals surface area contributed by atoms with Gasteiger partial charge in [0.2, 0.25) is 0 Å². The van der Waals surface area contributed by atoms with Crippen molar-refractivity contribution in [2.45, 2.75) is 33.1 Å². The zero-order valence-corrected chi connectivity index (χ0v) is 11.9. The van der Waals surface area contributed by atoms with Crippen LogP contribution < -0.4 is 0 Å². The van der Waals surface area contributed by atoms with Gasteiger partial charge in [-0.15, -0.1) is 0 Å². The molecule has 0 aromatic carbocycles. The Bertz CT molecular complexity index is 221. The highest BCUT2D eigenvalue weighted by atomic mass is 28.4. The van der Waals surface area contributed by atoms with Gasteiger partial charge in [0.05, 0.1) is 0 Å². The van der Waals surface area contributed by atoms with E-state index in [2.05, 4.69) is 26.2 Å². The Hall–Kier alpha value is -0.396. The predicted molar refractivity (Wildman–Crippen MR) is 63.2 cm³/mol. The van der Waals surface area contributed by atoms with Gasteiger partial charge in [0, 0.05) is 5.57 Å². The average molecular weight is 232 g/mol. The van der Waals surface area contributed by atoms with Crippen LogP contribution >= 0.6 is 0 Å². The molecule has 5 heteroatoms. The Kier molecular flexibility index (Phi) is 5.32. The summed E-state index contributed by atoms with van der Waals surface area (Å²) in [5.74, 6) is -0.316. The van der Waals surface area contributed by atoms with E-state index in [1.165, 1.54) is 0 Å². The smallest absolute Gasteiger partial charge is 0.332 e. The van der Waals surface area contributed by atoms with E-state index in [-0.39, 0.29) is 5.97 Å². The summed E-state index contributed by atoms with van der Waals surface area (Å²) in [6.45, 7) is 13.6. The van der Waals surface area contributed by atoms with Crippen molar-refractivity contribution in [1.82, 2.24) is 0 Å². The molecule has 0 heterocycles. The second-order valence-corrected chi connectivity index (χ2v) is 11.5. The van der Waals surface area contributed by atoms with Gasteiger partial charge in [-0.2, -0.15) is 0 Å². The molecular formula is C9H20O3Si2. The van der Waals surface area contributed by atoms with E-state index in [0.717, 1.165) is 0 Å². The Morgan fingerprint density at radius 1 is 1.43 bits per heavy atom. The Balaban J connectivity index is 3.80. The molecule has 3 nitrogen and oxygen atoms in total. The number of carbonyl (C=O) groups excluding carboxylic acids is 1. The molecule has 0 aliphatic carbocycles. The zero-order chi connectivity index (χ0) is 11.4. The Morgan fingerprint density at radius 2 is 1.93 bits per heavy atom. The molecule has 1 unspecified atom stereocenters. The summed E-state index contributed by atoms with van der Waals surface area (Å²) < 4.78 is 10.9. The minimum Gasteiger partial charge on any atom is -0.464 e. The summed E-state index contributed by atoms with van der Waals surface area (Å²) in [4.78, 5) is 11.1. The van der Waals surface area contributed by atoms with Crippen LogP contribution in [-0.2, 0) is 13.6 Å². The summed E-state index contributed by atoms with van der Waals surface area (Å²) in [6, 6.07) is 0. The van der Waals surface area contributed by atoms with Crippen molar-refractivity contribution >= 4 is 23.3 Å². The lowest BCUT2D eigenvalue weighted by Gasteiger charge is -2.22. The zero-order valence-electron chi connectivity index (χ0n) is 9.72. The lowest BCUT2D eigenvalue weighted by atomic mass is 10.4. The van der Waals surface area contributed by atoms with Crippen LogP contribution in [0.25, 0.3) is 0 Å². The van der Waals surface area contributed by atoms with Crippen molar-refractivity contribution < 1.29 is 13.6 Å². The molecule has 1 atom stereocenters. The van der Waals surface area contributed by atoms with E-state index in [1.807, 2.05) is 6.55 Å². The van der Waals surface area contributed by atoms with Crippen LogP contribution in [0.2, 0.25) is 26.2 Å². The van der Waals surface area contributed by atoms with Crippen molar-refractivity contribution in [1.29, 1.82) is 0 Å². The molecule has 0 aromatic rings. The highest BCUT2D eigenvalue weighted by Crippen LogP contribution is 2.05. The fourth-order valence-corrected chi connectivity index (χ4v) is 6.44. The van der Waals surface area contributed by atoms with Crippen LogP contribution in [0.1, 0.15) is 6.92 Å². The normalized spacial score (nSPS) is 13.5. The highest BCUT2D eigenvalue weighted by Gasteiger charge is 2.19. The Morgan fingerprint density at radius 3 is 2.29 bits per heavy atom. The largest absolute Gasteiger partial charge is 0.464 e. The van der Waals surface area contributed by atoms with Crippen molar-refractivity contribution in [2.24, 2.45) is 0 Å². The molecule has 0 spiro atoms. The van der Waals surface area contributed by atoms with Crippen molar-refractivity contribution in [3.8, 4) is 0 Å². The van der Waals surface area contributed by atoms with E-state index in [9.17, 15) is 4.79 Å². The van der Waals surface area contributed by atoms with E-state index in [4.69, 9.17) is 8.85 Å². The minimum atomic E-state index is -1.47. The SMILES string of the molecule is C=C(C)C(=O)OC[SiH](C)O[Si](C)(C)C. The molecule has 14 heavy (non-hydrogen) atoms. The molecule has 0 radical (unpaired) electrons. The van der Waals surface area contributed by atoms with Gasteiger partial charge in [-0.3, -0.25) is 0 Å². The number of hydrogen-bond acceptors (Lipinski definition) is 3. The topological polar surface area (TPSA) is 35.5 Å². The first kappa shape index (κ1) is 13.6. The van der Waals surface area contributed by atoms with Crippen molar-refractivity contribution in [3.63, 3.8) is 0 Å². The third kappa shape index (κ3) is 7.05. The van der Waals surface area contributed by atoms with E-state index in [0.29, 0.717) is 11.8 Å². The maximum Gasteiger partial charge on any atom is 0.332 e. The monoisotopic (exact) mass is 232 g/mol. The summed E-state index contributed by atoms with van der Waals surface area (Å²) in [5.41, 5.74) is 0.444. The lowest BCUT2D eigenvalue weighted by Crippen LogP contribution is -2.36. The van der Waals surface area contributed by atoms with Crippen LogP contribution in [0.15, 0.2) is 12.2 Å². The molecule has 0 saturated heterocycles. The minimum absolute atomic E-state index is 0.316. The van der Waals surface area contributed by atoms with Gasteiger partial charge in [-0.1, -0.05) is 6.58 Å². The number of ether oxygens (including phenoxy) is 1. The molecule has 0 rings (SSSR count). The molecule has 0 aliphatic rings. The van der Waals surface area contributed by atoms with Crippen molar-refractivity contribution in [3.05, 3.63) is 12.2 Å². The number of hydrogen-bond donors (Lipinski definition) is 0. The Labute approximate surface area is 89.0 Å². The van der Waals surface area contributed by atoms with Crippen LogP contribution in [0, 0.1) is 0 Å². The first-order valence-electron chi connectivity index (χ1n) is 4.73. The summed E-state index contributed by atoms with van der Waals surface area (Å²) in [5, 5.41) is 0. The van der Waals surface area contributed by atoms with E-state index in [1.54, 1.807) is 6.92 Å². The first-order valence-corrected chi connectivity index (χ1v) is 10.6. The van der Waals surface area contributed by atoms with Gasteiger partial charge in [-0.25, -0.2) is 4.79 Å². The number of esters is 1. The van der Waals surface area contributed by atoms with Crippen LogP contribution in [0.5, 0.6) is 0 Å². The molecule has 0 saturated carbocycles. The molecule has 0 bridgehead atoms. The fraction of sp³-hybridized carbons (Fsp3) is 0.667. The van der Waals surface area contributed by atoms with Crippen LogP contribution in [-0.4, -0.2) is 29.6 Å². The van der Waals surface area contributed by atoms with Gasteiger partial charge >= 0.3 is 5.97 Å². The highest BCUT2D eigenvalue weighted by molar-refractivity contribution is 6.77. The summed E-state index contributed by atoms with van der Waals surface area (Å²) in [7, 11) is -2.82. The summed E-state index contributed by atoms with van der Waals surface area (Å²) in [6.07, 6.45) is 0.440. The van der Waals surface area contributed by atoms with Gasteiger partial charge in [0.25, 0.3) is 0 Å². The number of rotatable bonds is 5. The maximum absolute atomic E-state index is 11.1. The molecule has 0 aromatic heterocycles. The third-order valence-electron chi connectivity index (χ3n) is 1.35. The van der Waals surface area contributed by atoms with Gasteiger partial charge in [0.15, 0.2) is 17.4 Å². The quantitative estimate of drug-likeness (QED) is 0.412. The lowest BCUT2D eigenvalue weighted by molar-refractivity contribution is -0.137. The molecular weight excluding hydrogens is 212 g/mol.